The quantitative estimate of drug-likeness (QED) is 0.431. The Hall–Kier alpha value is -2.83. The van der Waals surface area contributed by atoms with Crippen molar-refractivity contribution in [1.82, 2.24) is 14.0 Å². The summed E-state index contributed by atoms with van der Waals surface area (Å²) in [5, 5.41) is 11.1. The van der Waals surface area contributed by atoms with Gasteiger partial charge in [0.25, 0.3) is 5.56 Å². The van der Waals surface area contributed by atoms with Crippen LogP contribution in [0, 0.1) is 0 Å². The van der Waals surface area contributed by atoms with Gasteiger partial charge in [0.1, 0.15) is 23.3 Å². The molecule has 41 heavy (non-hydrogen) atoms. The fourth-order valence-electron chi connectivity index (χ4n) is 4.66. The summed E-state index contributed by atoms with van der Waals surface area (Å²) in [5.74, 6) is 1.14. The molecule has 1 aliphatic rings. The summed E-state index contributed by atoms with van der Waals surface area (Å²) in [4.78, 5) is 30.1. The van der Waals surface area contributed by atoms with Gasteiger partial charge in [0.15, 0.2) is 0 Å². The maximum absolute atomic E-state index is 13.1. The van der Waals surface area contributed by atoms with Crippen molar-refractivity contribution in [1.29, 1.82) is 0 Å². The molecule has 12 heteroatoms. The highest BCUT2D eigenvalue weighted by Gasteiger charge is 2.33. The van der Waals surface area contributed by atoms with E-state index >= 15 is 0 Å². The lowest BCUT2D eigenvalue weighted by atomic mass is 10.0. The summed E-state index contributed by atoms with van der Waals surface area (Å²) < 4.78 is 35.6. The molecule has 1 aromatic carbocycles. The van der Waals surface area contributed by atoms with Crippen molar-refractivity contribution in [3.8, 4) is 5.75 Å². The van der Waals surface area contributed by atoms with Crippen LogP contribution in [0.25, 0.3) is 0 Å². The molecule has 0 amide bonds. The molecular formula is C29H47N5O6S. The Morgan fingerprint density at radius 2 is 1.44 bits per heavy atom. The number of anilines is 2. The first-order valence-electron chi connectivity index (χ1n) is 14.2. The molecule has 2 heterocycles. The number of rotatable bonds is 10. The van der Waals surface area contributed by atoms with Crippen molar-refractivity contribution in [2.45, 2.75) is 90.8 Å². The number of hydrogen-bond acceptors (Lipinski definition) is 8. The maximum Gasteiger partial charge on any atom is 0.333 e. The van der Waals surface area contributed by atoms with Gasteiger partial charge in [-0.2, -0.15) is 0 Å². The van der Waals surface area contributed by atoms with Crippen molar-refractivity contribution < 1.29 is 18.3 Å². The van der Waals surface area contributed by atoms with E-state index in [1.165, 1.54) is 4.57 Å². The van der Waals surface area contributed by atoms with E-state index in [1.54, 1.807) is 55.7 Å². The zero-order valence-corrected chi connectivity index (χ0v) is 26.7. The fourth-order valence-corrected chi connectivity index (χ4v) is 5.41. The van der Waals surface area contributed by atoms with Crippen molar-refractivity contribution >= 4 is 21.5 Å². The van der Waals surface area contributed by atoms with Crippen LogP contribution >= 0.6 is 0 Å². The van der Waals surface area contributed by atoms with Crippen LogP contribution in [-0.2, 0) is 10.0 Å². The number of ether oxygens (including phenoxy) is 1. The van der Waals surface area contributed by atoms with Gasteiger partial charge in [0, 0.05) is 56.6 Å². The predicted molar refractivity (Wildman–Crippen MR) is 164 cm³/mol. The molecule has 1 atom stereocenters. The van der Waals surface area contributed by atoms with E-state index in [0.717, 1.165) is 0 Å². The smallest absolute Gasteiger partial charge is 0.333 e. The molecular weight excluding hydrogens is 546 g/mol. The van der Waals surface area contributed by atoms with Crippen LogP contribution in [0.2, 0.25) is 0 Å². The Labute approximate surface area is 243 Å². The van der Waals surface area contributed by atoms with E-state index in [4.69, 9.17) is 4.74 Å². The molecule has 0 saturated carbocycles. The van der Waals surface area contributed by atoms with Gasteiger partial charge in [-0.05, 0) is 86.6 Å². The van der Waals surface area contributed by atoms with Crippen LogP contribution in [0.3, 0.4) is 0 Å². The molecule has 1 aliphatic heterocycles. The second-order valence-electron chi connectivity index (χ2n) is 12.8. The third-order valence-corrected chi connectivity index (χ3v) is 9.52. The summed E-state index contributed by atoms with van der Waals surface area (Å²) in [6.45, 7) is 19.0. The number of aliphatic hydroxyl groups is 1. The summed E-state index contributed by atoms with van der Waals surface area (Å²) >= 11 is 0. The molecule has 11 nitrogen and oxygen atoms in total. The van der Waals surface area contributed by atoms with Crippen LogP contribution in [0.15, 0.2) is 39.9 Å². The molecule has 2 aromatic rings. The van der Waals surface area contributed by atoms with Gasteiger partial charge in [0.2, 0.25) is 10.0 Å². The van der Waals surface area contributed by atoms with Gasteiger partial charge in [-0.25, -0.2) is 13.2 Å². The molecule has 0 bridgehead atoms. The number of aromatic nitrogens is 2. The topological polar surface area (TPSA) is 126 Å². The summed E-state index contributed by atoms with van der Waals surface area (Å²) in [5.41, 5.74) is -1.07. The number of nitrogens with zero attached hydrogens (tertiary/aromatic N) is 4. The second kappa shape index (κ2) is 12.2. The third-order valence-electron chi connectivity index (χ3n) is 7.41. The fraction of sp³-hybridized carbons (Fsp3) is 0.655. The predicted octanol–water partition coefficient (Wildman–Crippen LogP) is 3.05. The number of nitrogens with one attached hydrogen (secondary N) is 1. The zero-order chi connectivity index (χ0) is 30.9. The lowest BCUT2D eigenvalue weighted by Gasteiger charge is -2.40. The Bertz CT molecular complexity index is 1410. The number of piperazine rings is 1. The van der Waals surface area contributed by atoms with Gasteiger partial charge >= 0.3 is 5.69 Å². The molecule has 0 spiro atoms. The molecule has 230 valence electrons. The summed E-state index contributed by atoms with van der Waals surface area (Å²) in [7, 11) is -3.54. The van der Waals surface area contributed by atoms with Gasteiger partial charge in [-0.3, -0.25) is 23.6 Å². The Kier molecular flexibility index (Phi) is 9.71. The first kappa shape index (κ1) is 32.7. The Morgan fingerprint density at radius 3 is 1.93 bits per heavy atom. The van der Waals surface area contributed by atoms with Gasteiger partial charge in [-0.1, -0.05) is 0 Å². The normalized spacial score (nSPS) is 16.3. The van der Waals surface area contributed by atoms with Crippen molar-refractivity contribution in [3.05, 3.63) is 51.2 Å². The average Bonchev–Trinajstić information content (AvgIpc) is 2.83. The lowest BCUT2D eigenvalue weighted by Crippen LogP contribution is -2.54. The number of hydrogen-bond donors (Lipinski definition) is 2. The standard InChI is InChI=1S/C29H47N5O6S/c1-20(2)33-25(18-26(36)34(21(3)4)27(33)37)32-16-14-31(15-17-32)19-24(35)29(8,9)40-23-12-10-22(11-13-23)30-41(38,39)28(5,6)7/h10-13,18,20-21,24,30,35H,14-17,19H2,1-9H3. The van der Waals surface area contributed by atoms with Crippen LogP contribution < -0.4 is 25.6 Å². The van der Waals surface area contributed by atoms with Crippen molar-refractivity contribution in [2.75, 3.05) is 42.3 Å². The van der Waals surface area contributed by atoms with E-state index < -0.39 is 26.5 Å². The lowest BCUT2D eigenvalue weighted by molar-refractivity contribution is -0.0449. The van der Waals surface area contributed by atoms with Crippen molar-refractivity contribution in [2.24, 2.45) is 0 Å². The van der Waals surface area contributed by atoms with E-state index in [1.807, 2.05) is 41.5 Å². The van der Waals surface area contributed by atoms with Gasteiger partial charge < -0.3 is 14.7 Å². The highest BCUT2D eigenvalue weighted by Crippen LogP contribution is 2.26. The molecule has 0 aliphatic carbocycles. The van der Waals surface area contributed by atoms with E-state index in [0.29, 0.717) is 50.0 Å². The largest absolute Gasteiger partial charge is 0.485 e. The highest BCUT2D eigenvalue weighted by molar-refractivity contribution is 7.94. The Morgan fingerprint density at radius 1 is 0.902 bits per heavy atom. The molecule has 1 fully saturated rings. The first-order chi connectivity index (χ1) is 18.8. The molecule has 0 radical (unpaired) electrons. The van der Waals surface area contributed by atoms with Crippen LogP contribution in [0.4, 0.5) is 11.5 Å². The molecule has 2 N–H and O–H groups in total. The Balaban J connectivity index is 1.63. The molecule has 1 unspecified atom stereocenters. The third kappa shape index (κ3) is 7.52. The van der Waals surface area contributed by atoms with E-state index in [-0.39, 0.29) is 23.3 Å². The maximum atomic E-state index is 13.1. The van der Waals surface area contributed by atoms with Crippen LogP contribution in [-0.4, -0.2) is 76.7 Å². The van der Waals surface area contributed by atoms with E-state index in [9.17, 15) is 23.1 Å². The van der Waals surface area contributed by atoms with E-state index in [2.05, 4.69) is 14.5 Å². The second-order valence-corrected chi connectivity index (χ2v) is 15.2. The average molecular weight is 594 g/mol. The minimum Gasteiger partial charge on any atom is -0.485 e. The van der Waals surface area contributed by atoms with Crippen molar-refractivity contribution in [3.63, 3.8) is 0 Å². The summed E-state index contributed by atoms with van der Waals surface area (Å²) in [6, 6.07) is 7.85. The van der Waals surface area contributed by atoms with Gasteiger partial charge in [-0.15, -0.1) is 0 Å². The van der Waals surface area contributed by atoms with Gasteiger partial charge in [0.05, 0.1) is 4.75 Å². The summed E-state index contributed by atoms with van der Waals surface area (Å²) in [6.07, 6.45) is -0.808. The highest BCUT2D eigenvalue weighted by atomic mass is 32.2. The molecule has 1 aromatic heterocycles. The number of aliphatic hydroxyl groups excluding tert-OH is 1. The minimum atomic E-state index is -3.54. The monoisotopic (exact) mass is 593 g/mol. The van der Waals surface area contributed by atoms with Crippen LogP contribution in [0.5, 0.6) is 5.75 Å². The molecule has 3 rings (SSSR count). The number of benzene rings is 1. The zero-order valence-electron chi connectivity index (χ0n) is 25.8. The first-order valence-corrected chi connectivity index (χ1v) is 15.7. The van der Waals surface area contributed by atoms with Crippen LogP contribution in [0.1, 0.15) is 74.4 Å². The molecule has 1 saturated heterocycles. The number of β-amino-alcohol motifs (C(OH)–C–C–N with tert-alkyl or cyclic N) is 1. The SMILES string of the molecule is CC(C)n1c(N2CCN(CC(O)C(C)(C)Oc3ccc(NS(=O)(=O)C(C)(C)C)cc3)CC2)cc(=O)n(C(C)C)c1=O. The number of sulfonamides is 1. The minimum absolute atomic E-state index is 0.103.